The number of nitro benzene ring substituents is 1. The van der Waals surface area contributed by atoms with Crippen LogP contribution in [-0.2, 0) is 14.9 Å². The third kappa shape index (κ3) is 7.33. The van der Waals surface area contributed by atoms with Crippen LogP contribution in [0, 0.1) is 10.1 Å². The van der Waals surface area contributed by atoms with Crippen molar-refractivity contribution in [3.05, 3.63) is 64.2 Å². The molecule has 0 aliphatic rings. The summed E-state index contributed by atoms with van der Waals surface area (Å²) < 4.78 is 16.6. The van der Waals surface area contributed by atoms with Gasteiger partial charge in [-0.25, -0.2) is 5.09 Å². The number of non-ortho nitro benzene ring substituents is 1. The molecule has 29 heavy (non-hydrogen) atoms. The van der Waals surface area contributed by atoms with Crippen LogP contribution >= 0.6 is 8.53 Å². The number of esters is 1. The fourth-order valence-corrected chi connectivity index (χ4v) is 3.31. The van der Waals surface area contributed by atoms with Gasteiger partial charge >= 0.3 is 14.5 Å². The summed E-state index contributed by atoms with van der Waals surface area (Å²) in [5.41, 5.74) is 1.13. The van der Waals surface area contributed by atoms with Crippen molar-refractivity contribution in [1.29, 1.82) is 0 Å². The van der Waals surface area contributed by atoms with E-state index in [0.717, 1.165) is 5.56 Å². The molecule has 1 atom stereocenters. The van der Waals surface area contributed by atoms with Gasteiger partial charge in [-0.2, -0.15) is 0 Å². The lowest BCUT2D eigenvalue weighted by atomic mass is 9.87. The minimum atomic E-state index is -1.74. The van der Waals surface area contributed by atoms with Crippen LogP contribution in [0.1, 0.15) is 33.3 Å². The number of nitrogens with one attached hydrogen (secondary N) is 1. The predicted molar refractivity (Wildman–Crippen MR) is 111 cm³/mol. The van der Waals surface area contributed by atoms with Crippen LogP contribution in [-0.4, -0.2) is 24.0 Å². The third-order valence-electron chi connectivity index (χ3n) is 3.80. The number of nitro groups is 1. The van der Waals surface area contributed by atoms with E-state index in [1.54, 1.807) is 6.92 Å². The molecule has 0 spiro atoms. The average Bonchev–Trinajstić information content (AvgIpc) is 2.66. The molecule has 0 aliphatic carbocycles. The van der Waals surface area contributed by atoms with E-state index in [2.05, 4.69) is 25.9 Å². The van der Waals surface area contributed by atoms with Gasteiger partial charge in [0.1, 0.15) is 18.0 Å². The van der Waals surface area contributed by atoms with Gasteiger partial charge in [-0.15, -0.1) is 0 Å². The molecule has 0 amide bonds. The number of hydrogen-bond donors (Lipinski definition) is 1. The molecule has 2 aromatic carbocycles. The van der Waals surface area contributed by atoms with Gasteiger partial charge in [-0.1, -0.05) is 32.9 Å². The van der Waals surface area contributed by atoms with Crippen molar-refractivity contribution in [3.8, 4) is 11.5 Å². The lowest BCUT2D eigenvalue weighted by Gasteiger charge is -2.21. The average molecular weight is 420 g/mol. The van der Waals surface area contributed by atoms with E-state index >= 15 is 0 Å². The first kappa shape index (κ1) is 22.6. The van der Waals surface area contributed by atoms with Crippen molar-refractivity contribution in [2.24, 2.45) is 0 Å². The van der Waals surface area contributed by atoms with Crippen molar-refractivity contribution < 1.29 is 23.5 Å². The Labute approximate surface area is 171 Å². The van der Waals surface area contributed by atoms with Crippen LogP contribution in [0.4, 0.5) is 5.69 Å². The summed E-state index contributed by atoms with van der Waals surface area (Å²) in [5.74, 6) is 0.519. The van der Waals surface area contributed by atoms with E-state index in [9.17, 15) is 14.9 Å². The van der Waals surface area contributed by atoms with Gasteiger partial charge in [0, 0.05) is 12.1 Å². The highest BCUT2D eigenvalue weighted by molar-refractivity contribution is 7.45. The molecule has 2 aromatic rings. The molecule has 9 heteroatoms. The smallest absolute Gasteiger partial charge is 0.382 e. The molecular formula is C20H25N2O6P. The Morgan fingerprint density at radius 1 is 1.03 bits per heavy atom. The summed E-state index contributed by atoms with van der Waals surface area (Å²) >= 11 is 0. The predicted octanol–water partition coefficient (Wildman–Crippen LogP) is 4.73. The SMILES string of the molecule is CCOC(=O)CNP(Oc1ccc([N+](=O)[O-])cc1)Oc1ccc(C(C)(C)C)cc1. The second kappa shape index (κ2) is 10.2. The Bertz CT molecular complexity index is 818. The zero-order valence-electron chi connectivity index (χ0n) is 16.9. The van der Waals surface area contributed by atoms with Crippen LogP contribution in [0.25, 0.3) is 0 Å². The van der Waals surface area contributed by atoms with Gasteiger partial charge in [0.05, 0.1) is 11.5 Å². The van der Waals surface area contributed by atoms with Gasteiger partial charge in [0.25, 0.3) is 5.69 Å². The Morgan fingerprint density at radius 3 is 2.00 bits per heavy atom. The summed E-state index contributed by atoms with van der Waals surface area (Å²) in [5, 5.41) is 13.7. The minimum absolute atomic E-state index is 0.0146. The van der Waals surface area contributed by atoms with Gasteiger partial charge in [0.15, 0.2) is 0 Å². The third-order valence-corrected chi connectivity index (χ3v) is 4.97. The largest absolute Gasteiger partial charge is 0.465 e. The van der Waals surface area contributed by atoms with Crippen molar-refractivity contribution in [2.45, 2.75) is 33.1 Å². The molecule has 0 aliphatic heterocycles. The molecule has 2 rings (SSSR count). The van der Waals surface area contributed by atoms with E-state index in [1.165, 1.54) is 24.3 Å². The fourth-order valence-electron chi connectivity index (χ4n) is 2.26. The van der Waals surface area contributed by atoms with E-state index in [0.29, 0.717) is 11.5 Å². The van der Waals surface area contributed by atoms with Crippen LogP contribution in [0.15, 0.2) is 48.5 Å². The van der Waals surface area contributed by atoms with Crippen LogP contribution in [0.5, 0.6) is 11.5 Å². The van der Waals surface area contributed by atoms with E-state index in [-0.39, 0.29) is 24.3 Å². The Morgan fingerprint density at radius 2 is 1.55 bits per heavy atom. The molecule has 1 unspecified atom stereocenters. The number of nitrogens with zero attached hydrogens (tertiary/aromatic N) is 1. The van der Waals surface area contributed by atoms with Crippen LogP contribution in [0.3, 0.4) is 0 Å². The van der Waals surface area contributed by atoms with Crippen molar-refractivity contribution >= 4 is 20.2 Å². The highest BCUT2D eigenvalue weighted by Gasteiger charge is 2.19. The molecular weight excluding hydrogens is 395 g/mol. The highest BCUT2D eigenvalue weighted by atomic mass is 31.2. The number of hydrogen-bond acceptors (Lipinski definition) is 7. The topological polar surface area (TPSA) is 99.9 Å². The van der Waals surface area contributed by atoms with Gasteiger partial charge in [0.2, 0.25) is 0 Å². The second-order valence-electron chi connectivity index (χ2n) is 7.10. The number of carbonyl (C=O) groups excluding carboxylic acids is 1. The molecule has 0 fully saturated rings. The maximum absolute atomic E-state index is 11.7. The molecule has 0 aromatic heterocycles. The first-order valence-electron chi connectivity index (χ1n) is 9.09. The van der Waals surface area contributed by atoms with E-state index in [4.69, 9.17) is 13.8 Å². The van der Waals surface area contributed by atoms with Crippen LogP contribution < -0.4 is 14.1 Å². The summed E-state index contributed by atoms with van der Waals surface area (Å²) in [6, 6.07) is 13.2. The van der Waals surface area contributed by atoms with Gasteiger partial charge in [-0.3, -0.25) is 14.9 Å². The Kier molecular flexibility index (Phi) is 7.93. The summed E-state index contributed by atoms with van der Waals surface area (Å²) in [4.78, 5) is 22.0. The summed E-state index contributed by atoms with van der Waals surface area (Å²) in [7, 11) is -1.74. The first-order chi connectivity index (χ1) is 13.7. The molecule has 0 saturated carbocycles. The van der Waals surface area contributed by atoms with Crippen molar-refractivity contribution in [2.75, 3.05) is 13.2 Å². The maximum atomic E-state index is 11.7. The molecule has 0 bridgehead atoms. The minimum Gasteiger partial charge on any atom is -0.465 e. The highest BCUT2D eigenvalue weighted by Crippen LogP contribution is 2.37. The lowest BCUT2D eigenvalue weighted by molar-refractivity contribution is -0.384. The van der Waals surface area contributed by atoms with E-state index in [1.807, 2.05) is 24.3 Å². The molecule has 0 radical (unpaired) electrons. The number of ether oxygens (including phenoxy) is 1. The summed E-state index contributed by atoms with van der Waals surface area (Å²) in [6.07, 6.45) is 0. The first-order valence-corrected chi connectivity index (χ1v) is 10.3. The van der Waals surface area contributed by atoms with Crippen molar-refractivity contribution in [3.63, 3.8) is 0 Å². The molecule has 1 N–H and O–H groups in total. The van der Waals surface area contributed by atoms with Crippen LogP contribution in [0.2, 0.25) is 0 Å². The molecule has 156 valence electrons. The fraction of sp³-hybridized carbons (Fsp3) is 0.350. The quantitative estimate of drug-likeness (QED) is 0.271. The molecule has 8 nitrogen and oxygen atoms in total. The normalized spacial score (nSPS) is 12.1. The second-order valence-corrected chi connectivity index (χ2v) is 8.30. The van der Waals surface area contributed by atoms with Gasteiger partial charge < -0.3 is 13.8 Å². The lowest BCUT2D eigenvalue weighted by Crippen LogP contribution is -2.24. The Balaban J connectivity index is 2.11. The number of carbonyl (C=O) groups is 1. The summed E-state index contributed by atoms with van der Waals surface area (Å²) in [6.45, 7) is 8.27. The Hall–Kier alpha value is -2.70. The van der Waals surface area contributed by atoms with E-state index < -0.39 is 19.4 Å². The molecule has 0 saturated heterocycles. The maximum Gasteiger partial charge on any atom is 0.382 e. The number of rotatable bonds is 9. The van der Waals surface area contributed by atoms with Gasteiger partial charge in [-0.05, 0) is 42.2 Å². The zero-order valence-corrected chi connectivity index (χ0v) is 17.8. The number of benzene rings is 2. The molecule has 0 heterocycles. The standard InChI is InChI=1S/C20H25N2O6P/c1-5-26-19(23)14-21-29(28-18-12-8-16(9-13-18)22(24)25)27-17-10-6-15(7-11-17)20(2,3)4/h6-13,21H,5,14H2,1-4H3. The monoisotopic (exact) mass is 420 g/mol. The zero-order chi connectivity index (χ0) is 21.4. The van der Waals surface area contributed by atoms with Crippen molar-refractivity contribution in [1.82, 2.24) is 5.09 Å².